The second kappa shape index (κ2) is 4.53. The SMILES string of the molecule is C1CC(c2n[nH]c(CC3CCNCC3)n2)C1. The molecule has 4 heteroatoms. The number of hydrogen-bond donors (Lipinski definition) is 2. The molecule has 88 valence electrons. The first-order valence-electron chi connectivity index (χ1n) is 6.54. The van der Waals surface area contributed by atoms with Crippen LogP contribution in [0.25, 0.3) is 0 Å². The molecule has 2 fully saturated rings. The molecule has 0 atom stereocenters. The molecule has 3 rings (SSSR count). The van der Waals surface area contributed by atoms with Gasteiger partial charge in [0, 0.05) is 12.3 Å². The summed E-state index contributed by atoms with van der Waals surface area (Å²) in [5, 5.41) is 10.9. The summed E-state index contributed by atoms with van der Waals surface area (Å²) in [4.78, 5) is 4.64. The van der Waals surface area contributed by atoms with Crippen molar-refractivity contribution in [3.8, 4) is 0 Å². The van der Waals surface area contributed by atoms with Crippen LogP contribution in [-0.2, 0) is 6.42 Å². The number of nitrogens with one attached hydrogen (secondary N) is 2. The summed E-state index contributed by atoms with van der Waals surface area (Å²) in [6, 6.07) is 0. The second-order valence-corrected chi connectivity index (χ2v) is 5.17. The van der Waals surface area contributed by atoms with E-state index in [1.165, 1.54) is 32.1 Å². The Labute approximate surface area is 96.2 Å². The third-order valence-corrected chi connectivity index (χ3v) is 3.96. The molecule has 16 heavy (non-hydrogen) atoms. The minimum absolute atomic E-state index is 0.651. The van der Waals surface area contributed by atoms with Crippen LogP contribution in [-0.4, -0.2) is 28.3 Å². The minimum Gasteiger partial charge on any atom is -0.317 e. The van der Waals surface area contributed by atoms with Crippen molar-refractivity contribution in [3.05, 3.63) is 11.6 Å². The van der Waals surface area contributed by atoms with E-state index in [0.29, 0.717) is 5.92 Å². The van der Waals surface area contributed by atoms with Gasteiger partial charge in [0.1, 0.15) is 5.82 Å². The minimum atomic E-state index is 0.651. The van der Waals surface area contributed by atoms with Crippen LogP contribution in [0.5, 0.6) is 0 Å². The van der Waals surface area contributed by atoms with Crippen LogP contribution in [0.4, 0.5) is 0 Å². The quantitative estimate of drug-likeness (QED) is 0.813. The van der Waals surface area contributed by atoms with Gasteiger partial charge in [-0.3, -0.25) is 5.10 Å². The van der Waals surface area contributed by atoms with E-state index in [2.05, 4.69) is 20.5 Å². The Morgan fingerprint density at radius 1 is 1.12 bits per heavy atom. The van der Waals surface area contributed by atoms with Gasteiger partial charge in [-0.15, -0.1) is 0 Å². The molecule has 1 aromatic rings. The summed E-state index contributed by atoms with van der Waals surface area (Å²) < 4.78 is 0. The molecule has 2 aliphatic rings. The Kier molecular flexibility index (Phi) is 2.91. The maximum Gasteiger partial charge on any atom is 0.153 e. The second-order valence-electron chi connectivity index (χ2n) is 5.17. The first-order valence-corrected chi connectivity index (χ1v) is 6.54. The van der Waals surface area contributed by atoms with Crippen molar-refractivity contribution in [2.75, 3.05) is 13.1 Å². The summed E-state index contributed by atoms with van der Waals surface area (Å²) in [5.41, 5.74) is 0. The van der Waals surface area contributed by atoms with E-state index in [0.717, 1.165) is 37.1 Å². The molecule has 0 bridgehead atoms. The molecule has 4 nitrogen and oxygen atoms in total. The Hall–Kier alpha value is -0.900. The van der Waals surface area contributed by atoms with Gasteiger partial charge in [0.05, 0.1) is 0 Å². The van der Waals surface area contributed by atoms with E-state index < -0.39 is 0 Å². The average Bonchev–Trinajstić information content (AvgIpc) is 2.65. The molecular weight excluding hydrogens is 200 g/mol. The van der Waals surface area contributed by atoms with Crippen molar-refractivity contribution < 1.29 is 0 Å². The fraction of sp³-hybridized carbons (Fsp3) is 0.833. The Bertz CT molecular complexity index is 337. The highest BCUT2D eigenvalue weighted by atomic mass is 15.2. The van der Waals surface area contributed by atoms with E-state index in [9.17, 15) is 0 Å². The third-order valence-electron chi connectivity index (χ3n) is 3.96. The van der Waals surface area contributed by atoms with Gasteiger partial charge < -0.3 is 5.32 Å². The third kappa shape index (κ3) is 2.12. The van der Waals surface area contributed by atoms with E-state index in [1.54, 1.807) is 0 Å². The molecule has 1 aliphatic carbocycles. The molecule has 1 saturated heterocycles. The number of aromatic nitrogens is 3. The number of aromatic amines is 1. The molecule has 2 N–H and O–H groups in total. The molecule has 1 aromatic heterocycles. The van der Waals surface area contributed by atoms with Gasteiger partial charge in [-0.1, -0.05) is 6.42 Å². The van der Waals surface area contributed by atoms with Crippen LogP contribution in [0.15, 0.2) is 0 Å². The van der Waals surface area contributed by atoms with Gasteiger partial charge in [-0.05, 0) is 44.7 Å². The fourth-order valence-corrected chi connectivity index (χ4v) is 2.61. The first kappa shape index (κ1) is 10.3. The highest BCUT2D eigenvalue weighted by Crippen LogP contribution is 2.34. The monoisotopic (exact) mass is 220 g/mol. The van der Waals surface area contributed by atoms with E-state index in [-0.39, 0.29) is 0 Å². The van der Waals surface area contributed by atoms with Crippen LogP contribution in [0.1, 0.15) is 49.7 Å². The normalized spacial score (nSPS) is 23.2. The fourth-order valence-electron chi connectivity index (χ4n) is 2.61. The van der Waals surface area contributed by atoms with Crippen LogP contribution in [0, 0.1) is 5.92 Å². The predicted molar refractivity (Wildman–Crippen MR) is 62.3 cm³/mol. The number of rotatable bonds is 3. The van der Waals surface area contributed by atoms with Crippen LogP contribution in [0.3, 0.4) is 0 Å². The van der Waals surface area contributed by atoms with Gasteiger partial charge in [-0.2, -0.15) is 5.10 Å². The highest BCUT2D eigenvalue weighted by Gasteiger charge is 2.24. The molecule has 0 radical (unpaired) electrons. The standard InChI is InChI=1S/C12H20N4/c1-2-10(3-1)12-14-11(15-16-12)8-9-4-6-13-7-5-9/h9-10,13H,1-8H2,(H,14,15,16). The Balaban J connectivity index is 1.58. The van der Waals surface area contributed by atoms with E-state index in [4.69, 9.17) is 0 Å². The molecule has 2 heterocycles. The number of piperidine rings is 1. The average molecular weight is 220 g/mol. The first-order chi connectivity index (χ1) is 7.92. The van der Waals surface area contributed by atoms with Gasteiger partial charge in [0.2, 0.25) is 0 Å². The highest BCUT2D eigenvalue weighted by molar-refractivity contribution is 5.02. The van der Waals surface area contributed by atoms with Crippen molar-refractivity contribution in [3.63, 3.8) is 0 Å². The molecule has 0 amide bonds. The molecule has 0 aromatic carbocycles. The lowest BCUT2D eigenvalue weighted by Gasteiger charge is -2.22. The molecular formula is C12H20N4. The van der Waals surface area contributed by atoms with Crippen LogP contribution >= 0.6 is 0 Å². The smallest absolute Gasteiger partial charge is 0.153 e. The van der Waals surface area contributed by atoms with Gasteiger partial charge >= 0.3 is 0 Å². The van der Waals surface area contributed by atoms with Crippen molar-refractivity contribution in [2.45, 2.75) is 44.4 Å². The van der Waals surface area contributed by atoms with Gasteiger partial charge in [0.15, 0.2) is 5.82 Å². The molecule has 0 unspecified atom stereocenters. The zero-order valence-corrected chi connectivity index (χ0v) is 9.71. The van der Waals surface area contributed by atoms with Crippen molar-refractivity contribution >= 4 is 0 Å². The lowest BCUT2D eigenvalue weighted by molar-refractivity contribution is 0.367. The van der Waals surface area contributed by atoms with Crippen molar-refractivity contribution in [1.82, 2.24) is 20.5 Å². The summed E-state index contributed by atoms with van der Waals surface area (Å²) in [7, 11) is 0. The number of H-pyrrole nitrogens is 1. The molecule has 1 saturated carbocycles. The van der Waals surface area contributed by atoms with Crippen LogP contribution in [0.2, 0.25) is 0 Å². The van der Waals surface area contributed by atoms with E-state index >= 15 is 0 Å². The van der Waals surface area contributed by atoms with Gasteiger partial charge in [0.25, 0.3) is 0 Å². The van der Waals surface area contributed by atoms with Crippen molar-refractivity contribution in [2.24, 2.45) is 5.92 Å². The Morgan fingerprint density at radius 2 is 1.94 bits per heavy atom. The summed E-state index contributed by atoms with van der Waals surface area (Å²) >= 11 is 0. The largest absolute Gasteiger partial charge is 0.317 e. The topological polar surface area (TPSA) is 53.6 Å². The summed E-state index contributed by atoms with van der Waals surface area (Å²) in [5.74, 6) is 3.62. The lowest BCUT2D eigenvalue weighted by Crippen LogP contribution is -2.28. The number of hydrogen-bond acceptors (Lipinski definition) is 3. The van der Waals surface area contributed by atoms with Crippen LogP contribution < -0.4 is 5.32 Å². The van der Waals surface area contributed by atoms with E-state index in [1.807, 2.05) is 0 Å². The summed E-state index contributed by atoms with van der Waals surface area (Å²) in [6.45, 7) is 2.32. The van der Waals surface area contributed by atoms with Gasteiger partial charge in [-0.25, -0.2) is 4.98 Å². The maximum atomic E-state index is 4.64. The van der Waals surface area contributed by atoms with Crippen molar-refractivity contribution in [1.29, 1.82) is 0 Å². The molecule has 1 aliphatic heterocycles. The zero-order chi connectivity index (χ0) is 10.8. The predicted octanol–water partition coefficient (Wildman–Crippen LogP) is 1.61. The maximum absolute atomic E-state index is 4.64. The number of nitrogens with zero attached hydrogens (tertiary/aromatic N) is 2. The zero-order valence-electron chi connectivity index (χ0n) is 9.71. The molecule has 0 spiro atoms. The lowest BCUT2D eigenvalue weighted by atomic mass is 9.85. The summed E-state index contributed by atoms with van der Waals surface area (Å²) in [6.07, 6.45) is 7.55. The Morgan fingerprint density at radius 3 is 2.62 bits per heavy atom.